The second-order valence-electron chi connectivity index (χ2n) is 5.10. The number of nitrogens with one attached hydrogen (secondary N) is 1. The number of carbonyl (C=O) groups excluding carboxylic acids is 1. The fraction of sp³-hybridized carbons (Fsp3) is 0.333. The van der Waals surface area contributed by atoms with Crippen LogP contribution in [0.4, 0.5) is 5.82 Å². The van der Waals surface area contributed by atoms with Crippen LogP contribution >= 0.6 is 0 Å². The van der Waals surface area contributed by atoms with Crippen molar-refractivity contribution in [3.05, 3.63) is 36.0 Å². The Morgan fingerprint density at radius 3 is 2.75 bits per heavy atom. The summed E-state index contributed by atoms with van der Waals surface area (Å²) in [6, 6.07) is 7.73. The fourth-order valence-corrected chi connectivity index (χ4v) is 2.53. The molecule has 0 radical (unpaired) electrons. The topological polar surface area (TPSA) is 77.2 Å². The second kappa shape index (κ2) is 5.09. The molecule has 0 spiro atoms. The van der Waals surface area contributed by atoms with Crippen molar-refractivity contribution in [2.45, 2.75) is 25.0 Å². The van der Waals surface area contributed by atoms with Crippen LogP contribution in [0.15, 0.2) is 30.5 Å². The van der Waals surface area contributed by atoms with Gasteiger partial charge in [-0.25, -0.2) is 4.98 Å². The zero-order chi connectivity index (χ0) is 14.1. The van der Waals surface area contributed by atoms with E-state index >= 15 is 0 Å². The minimum absolute atomic E-state index is 0.103. The van der Waals surface area contributed by atoms with Crippen LogP contribution in [0.2, 0.25) is 0 Å². The quantitative estimate of drug-likeness (QED) is 0.891. The van der Waals surface area contributed by atoms with Crippen LogP contribution in [0.25, 0.3) is 10.8 Å². The minimum Gasteiger partial charge on any atom is -0.383 e. The molecule has 1 aliphatic carbocycles. The number of carbonyl (C=O) groups is 1. The van der Waals surface area contributed by atoms with Crippen molar-refractivity contribution >= 4 is 22.5 Å². The lowest BCUT2D eigenvalue weighted by molar-refractivity contribution is 0.0176. The summed E-state index contributed by atoms with van der Waals surface area (Å²) < 4.78 is 5.21. The molecule has 0 bridgehead atoms. The lowest BCUT2D eigenvalue weighted by atomic mass is 9.89. The van der Waals surface area contributed by atoms with Gasteiger partial charge in [0.25, 0.3) is 5.91 Å². The van der Waals surface area contributed by atoms with Gasteiger partial charge in [0.05, 0.1) is 11.7 Å². The molecule has 0 atom stereocenters. The Kier molecular flexibility index (Phi) is 3.28. The number of benzene rings is 1. The van der Waals surface area contributed by atoms with Crippen molar-refractivity contribution < 1.29 is 9.53 Å². The Morgan fingerprint density at radius 2 is 2.05 bits per heavy atom. The fourth-order valence-electron chi connectivity index (χ4n) is 2.53. The monoisotopic (exact) mass is 271 g/mol. The molecule has 20 heavy (non-hydrogen) atoms. The van der Waals surface area contributed by atoms with Crippen LogP contribution < -0.4 is 11.1 Å². The van der Waals surface area contributed by atoms with Gasteiger partial charge in [-0.15, -0.1) is 0 Å². The highest BCUT2D eigenvalue weighted by atomic mass is 16.5. The summed E-state index contributed by atoms with van der Waals surface area (Å²) in [5, 5.41) is 4.65. The molecular weight excluding hydrogens is 254 g/mol. The van der Waals surface area contributed by atoms with Gasteiger partial charge in [0, 0.05) is 24.7 Å². The average Bonchev–Trinajstić information content (AvgIpc) is 2.43. The first-order valence-electron chi connectivity index (χ1n) is 6.66. The SMILES string of the molecule is COC1CC(NC(=O)c2cnc(N)c3ccccc23)C1. The van der Waals surface area contributed by atoms with Gasteiger partial charge in [0.2, 0.25) is 0 Å². The number of rotatable bonds is 3. The highest BCUT2D eigenvalue weighted by molar-refractivity contribution is 6.09. The van der Waals surface area contributed by atoms with Crippen molar-refractivity contribution in [3.63, 3.8) is 0 Å². The highest BCUT2D eigenvalue weighted by Crippen LogP contribution is 2.25. The predicted molar refractivity (Wildman–Crippen MR) is 77.4 cm³/mol. The third-order valence-corrected chi connectivity index (χ3v) is 3.83. The van der Waals surface area contributed by atoms with Crippen molar-refractivity contribution in [1.29, 1.82) is 0 Å². The molecule has 1 aromatic heterocycles. The Morgan fingerprint density at radius 1 is 1.35 bits per heavy atom. The zero-order valence-corrected chi connectivity index (χ0v) is 11.3. The van der Waals surface area contributed by atoms with Crippen LogP contribution in [0.5, 0.6) is 0 Å². The molecule has 1 heterocycles. The number of fused-ring (bicyclic) bond motifs is 1. The van der Waals surface area contributed by atoms with Gasteiger partial charge in [-0.3, -0.25) is 4.79 Å². The molecule has 1 amide bonds. The summed E-state index contributed by atoms with van der Waals surface area (Å²) in [7, 11) is 1.69. The number of aromatic nitrogens is 1. The van der Waals surface area contributed by atoms with Crippen LogP contribution in [0, 0.1) is 0 Å². The molecular formula is C15H17N3O2. The Labute approximate surface area is 117 Å². The molecule has 104 valence electrons. The summed E-state index contributed by atoms with van der Waals surface area (Å²) in [5.74, 6) is 0.341. The normalized spacial score (nSPS) is 21.4. The number of nitrogens with two attached hydrogens (primary N) is 1. The van der Waals surface area contributed by atoms with E-state index in [1.165, 1.54) is 0 Å². The van der Waals surface area contributed by atoms with E-state index in [9.17, 15) is 4.79 Å². The molecule has 5 heteroatoms. The van der Waals surface area contributed by atoms with Gasteiger partial charge < -0.3 is 15.8 Å². The van der Waals surface area contributed by atoms with Crippen LogP contribution in [0.3, 0.4) is 0 Å². The average molecular weight is 271 g/mol. The van der Waals surface area contributed by atoms with Crippen LogP contribution in [-0.4, -0.2) is 30.1 Å². The standard InChI is InChI=1S/C15H17N3O2/c1-20-10-6-9(7-10)18-15(19)13-8-17-14(16)12-5-3-2-4-11(12)13/h2-5,8-10H,6-7H2,1H3,(H2,16,17)(H,18,19). The number of hydrogen-bond donors (Lipinski definition) is 2. The highest BCUT2D eigenvalue weighted by Gasteiger charge is 2.30. The summed E-state index contributed by atoms with van der Waals surface area (Å²) in [6.07, 6.45) is 3.53. The molecule has 5 nitrogen and oxygen atoms in total. The number of methoxy groups -OCH3 is 1. The van der Waals surface area contributed by atoms with Crippen LogP contribution in [-0.2, 0) is 4.74 Å². The molecule has 0 unspecified atom stereocenters. The Bertz CT molecular complexity index is 651. The molecule has 3 N–H and O–H groups in total. The van der Waals surface area contributed by atoms with Gasteiger partial charge in [0.1, 0.15) is 5.82 Å². The Hall–Kier alpha value is -2.14. The number of anilines is 1. The summed E-state index contributed by atoms with van der Waals surface area (Å²) in [5.41, 5.74) is 6.41. The first-order chi connectivity index (χ1) is 9.69. The lowest BCUT2D eigenvalue weighted by Crippen LogP contribution is -2.47. The smallest absolute Gasteiger partial charge is 0.253 e. The molecule has 1 aliphatic rings. The van der Waals surface area contributed by atoms with E-state index < -0.39 is 0 Å². The van der Waals surface area contributed by atoms with Crippen molar-refractivity contribution in [2.75, 3.05) is 12.8 Å². The number of ether oxygens (including phenoxy) is 1. The first-order valence-corrected chi connectivity index (χ1v) is 6.66. The number of nitrogens with zero attached hydrogens (tertiary/aromatic N) is 1. The van der Waals surface area contributed by atoms with Gasteiger partial charge in [-0.2, -0.15) is 0 Å². The minimum atomic E-state index is -0.103. The third-order valence-electron chi connectivity index (χ3n) is 3.83. The molecule has 1 saturated carbocycles. The summed E-state index contributed by atoms with van der Waals surface area (Å²) >= 11 is 0. The van der Waals surface area contributed by atoms with E-state index in [0.717, 1.165) is 23.6 Å². The third kappa shape index (κ3) is 2.20. The summed E-state index contributed by atoms with van der Waals surface area (Å²) in [6.45, 7) is 0. The van der Waals surface area contributed by atoms with E-state index in [0.29, 0.717) is 11.4 Å². The zero-order valence-electron chi connectivity index (χ0n) is 11.3. The van der Waals surface area contributed by atoms with Crippen molar-refractivity contribution in [1.82, 2.24) is 10.3 Å². The maximum atomic E-state index is 12.3. The first kappa shape index (κ1) is 12.9. The maximum absolute atomic E-state index is 12.3. The second-order valence-corrected chi connectivity index (χ2v) is 5.10. The Balaban J connectivity index is 1.83. The molecule has 1 fully saturated rings. The number of amides is 1. The van der Waals surface area contributed by atoms with Gasteiger partial charge in [-0.1, -0.05) is 24.3 Å². The molecule has 3 rings (SSSR count). The number of hydrogen-bond acceptors (Lipinski definition) is 4. The van der Waals surface area contributed by atoms with E-state index in [2.05, 4.69) is 10.3 Å². The van der Waals surface area contributed by atoms with Crippen LogP contribution in [0.1, 0.15) is 23.2 Å². The van der Waals surface area contributed by atoms with E-state index in [-0.39, 0.29) is 18.1 Å². The number of nitrogen functional groups attached to an aromatic ring is 1. The lowest BCUT2D eigenvalue weighted by Gasteiger charge is -2.34. The van der Waals surface area contributed by atoms with E-state index in [1.54, 1.807) is 13.3 Å². The largest absolute Gasteiger partial charge is 0.383 e. The maximum Gasteiger partial charge on any atom is 0.253 e. The van der Waals surface area contributed by atoms with Gasteiger partial charge >= 0.3 is 0 Å². The molecule has 2 aromatic rings. The summed E-state index contributed by atoms with van der Waals surface area (Å²) in [4.78, 5) is 16.4. The van der Waals surface area contributed by atoms with Gasteiger partial charge in [-0.05, 0) is 18.2 Å². The number of pyridine rings is 1. The molecule has 0 saturated heterocycles. The van der Waals surface area contributed by atoms with Gasteiger partial charge in [0.15, 0.2) is 0 Å². The van der Waals surface area contributed by atoms with Crippen molar-refractivity contribution in [2.24, 2.45) is 0 Å². The predicted octanol–water partition coefficient (Wildman–Crippen LogP) is 1.72. The van der Waals surface area contributed by atoms with E-state index in [1.807, 2.05) is 24.3 Å². The van der Waals surface area contributed by atoms with E-state index in [4.69, 9.17) is 10.5 Å². The van der Waals surface area contributed by atoms with Crippen molar-refractivity contribution in [3.8, 4) is 0 Å². The molecule has 1 aromatic carbocycles. The molecule has 0 aliphatic heterocycles.